The molecular formula is C23H31N5O4. The van der Waals surface area contributed by atoms with E-state index in [1.54, 1.807) is 19.2 Å². The third-order valence-electron chi connectivity index (χ3n) is 4.26. The van der Waals surface area contributed by atoms with Gasteiger partial charge in [0, 0.05) is 44.0 Å². The molecule has 2 aromatic rings. The number of amides is 2. The number of nitrogens with one attached hydrogen (secondary N) is 3. The van der Waals surface area contributed by atoms with E-state index in [0.29, 0.717) is 37.8 Å². The van der Waals surface area contributed by atoms with Gasteiger partial charge in [-0.2, -0.15) is 0 Å². The Bertz CT molecular complexity index is 900. The summed E-state index contributed by atoms with van der Waals surface area (Å²) in [6.07, 6.45) is 0.823. The lowest BCUT2D eigenvalue weighted by Gasteiger charge is -2.13. The number of benzene rings is 2. The van der Waals surface area contributed by atoms with Crippen LogP contribution < -0.4 is 26.4 Å². The number of hydrogen-bond donors (Lipinski definition) is 4. The van der Waals surface area contributed by atoms with Crippen LogP contribution in [0.2, 0.25) is 0 Å². The molecule has 0 radical (unpaired) electrons. The second-order valence-corrected chi connectivity index (χ2v) is 6.89. The van der Waals surface area contributed by atoms with E-state index in [-0.39, 0.29) is 12.5 Å². The van der Waals surface area contributed by atoms with Crippen LogP contribution in [0.4, 0.5) is 5.69 Å². The molecule has 0 heterocycles. The van der Waals surface area contributed by atoms with Crippen LogP contribution in [0.25, 0.3) is 0 Å². The molecule has 0 bridgehead atoms. The summed E-state index contributed by atoms with van der Waals surface area (Å²) in [7, 11) is 1.67. The van der Waals surface area contributed by atoms with Gasteiger partial charge in [0.25, 0.3) is 5.91 Å². The molecule has 0 fully saturated rings. The van der Waals surface area contributed by atoms with E-state index in [9.17, 15) is 9.59 Å². The Balaban J connectivity index is 1.96. The number of carbonyl (C=O) groups is 2. The topological polar surface area (TPSA) is 127 Å². The Morgan fingerprint density at radius 1 is 1.06 bits per heavy atom. The third kappa shape index (κ3) is 9.05. The summed E-state index contributed by atoms with van der Waals surface area (Å²) < 4.78 is 10.8. The number of nitrogens with zero attached hydrogens (tertiary/aromatic N) is 1. The first-order valence-corrected chi connectivity index (χ1v) is 10.4. The molecule has 2 rings (SSSR count). The number of carbonyl (C=O) groups excluding carboxylic acids is 2. The monoisotopic (exact) mass is 441 g/mol. The molecule has 0 saturated carbocycles. The zero-order chi connectivity index (χ0) is 23.2. The Labute approximate surface area is 188 Å². The van der Waals surface area contributed by atoms with E-state index in [1.165, 1.54) is 0 Å². The minimum atomic E-state index is -0.587. The van der Waals surface area contributed by atoms with Gasteiger partial charge in [-0.1, -0.05) is 18.2 Å². The van der Waals surface area contributed by atoms with Crippen LogP contribution in [0.3, 0.4) is 0 Å². The van der Waals surface area contributed by atoms with Crippen LogP contribution in [-0.4, -0.2) is 51.2 Å². The molecule has 5 N–H and O–H groups in total. The summed E-state index contributed by atoms with van der Waals surface area (Å²) in [4.78, 5) is 27.3. The van der Waals surface area contributed by atoms with Gasteiger partial charge in [0.15, 0.2) is 5.96 Å². The highest BCUT2D eigenvalue weighted by Crippen LogP contribution is 2.17. The van der Waals surface area contributed by atoms with Crippen molar-refractivity contribution < 1.29 is 19.1 Å². The lowest BCUT2D eigenvalue weighted by molar-refractivity contribution is -0.117. The lowest BCUT2D eigenvalue weighted by Crippen LogP contribution is -2.33. The zero-order valence-electron chi connectivity index (χ0n) is 18.5. The van der Waals surface area contributed by atoms with Gasteiger partial charge in [0.2, 0.25) is 5.91 Å². The van der Waals surface area contributed by atoms with Gasteiger partial charge in [0.1, 0.15) is 5.75 Å². The van der Waals surface area contributed by atoms with Gasteiger partial charge in [-0.3, -0.25) is 9.59 Å². The minimum Gasteiger partial charge on any atom is -0.493 e. The standard InChI is InChI=1S/C23H31N5O4/c1-3-25-23(28-19-6-4-7-20(14-19)32-13-5-12-31-2)27-15-17-8-10-18(11-9-17)22(30)26-16-21(24)29/h4,6-11,14H,3,5,12-13,15-16H2,1-2H3,(H2,24,29)(H,26,30)(H2,25,27,28). The van der Waals surface area contributed by atoms with Crippen LogP contribution in [0.15, 0.2) is 53.5 Å². The van der Waals surface area contributed by atoms with E-state index >= 15 is 0 Å². The molecule has 172 valence electrons. The minimum absolute atomic E-state index is 0.192. The number of nitrogens with two attached hydrogens (primary N) is 1. The van der Waals surface area contributed by atoms with Crippen molar-refractivity contribution in [1.29, 1.82) is 0 Å². The average Bonchev–Trinajstić information content (AvgIpc) is 2.79. The number of rotatable bonds is 12. The number of guanidine groups is 1. The maximum atomic E-state index is 12.0. The summed E-state index contributed by atoms with van der Waals surface area (Å²) in [6, 6.07) is 14.7. The molecule has 0 aliphatic rings. The summed E-state index contributed by atoms with van der Waals surface area (Å²) in [5.74, 6) is 0.466. The fraction of sp³-hybridized carbons (Fsp3) is 0.348. The summed E-state index contributed by atoms with van der Waals surface area (Å²) >= 11 is 0. The van der Waals surface area contributed by atoms with Gasteiger partial charge < -0.3 is 31.2 Å². The normalized spacial score (nSPS) is 11.0. The van der Waals surface area contributed by atoms with Gasteiger partial charge in [-0.05, 0) is 36.8 Å². The second kappa shape index (κ2) is 13.7. The molecule has 0 spiro atoms. The predicted octanol–water partition coefficient (Wildman–Crippen LogP) is 1.89. The summed E-state index contributed by atoms with van der Waals surface area (Å²) in [5, 5.41) is 8.94. The first kappa shape index (κ1) is 24.7. The Morgan fingerprint density at radius 2 is 1.84 bits per heavy atom. The average molecular weight is 442 g/mol. The van der Waals surface area contributed by atoms with Crippen molar-refractivity contribution in [2.75, 3.05) is 38.7 Å². The number of aliphatic imine (C=N–C) groups is 1. The van der Waals surface area contributed by atoms with Crippen molar-refractivity contribution >= 4 is 23.5 Å². The second-order valence-electron chi connectivity index (χ2n) is 6.89. The molecule has 2 amide bonds. The quantitative estimate of drug-likeness (QED) is 0.226. The smallest absolute Gasteiger partial charge is 0.251 e. The molecule has 32 heavy (non-hydrogen) atoms. The third-order valence-corrected chi connectivity index (χ3v) is 4.26. The van der Waals surface area contributed by atoms with E-state index in [1.807, 2.05) is 43.3 Å². The maximum Gasteiger partial charge on any atom is 0.251 e. The lowest BCUT2D eigenvalue weighted by atomic mass is 10.1. The molecular weight excluding hydrogens is 410 g/mol. The molecule has 0 aliphatic carbocycles. The van der Waals surface area contributed by atoms with Crippen molar-refractivity contribution in [3.05, 3.63) is 59.7 Å². The SMILES string of the molecule is CCNC(=NCc1ccc(C(=O)NCC(N)=O)cc1)Nc1cccc(OCCCOC)c1. The van der Waals surface area contributed by atoms with E-state index in [4.69, 9.17) is 15.2 Å². The number of ether oxygens (including phenoxy) is 2. The van der Waals surface area contributed by atoms with Crippen molar-refractivity contribution in [2.24, 2.45) is 10.7 Å². The number of anilines is 1. The van der Waals surface area contributed by atoms with Gasteiger partial charge in [-0.25, -0.2) is 4.99 Å². The van der Waals surface area contributed by atoms with E-state index in [0.717, 1.165) is 23.4 Å². The van der Waals surface area contributed by atoms with Crippen molar-refractivity contribution in [3.63, 3.8) is 0 Å². The molecule has 0 saturated heterocycles. The Hall–Kier alpha value is -3.59. The zero-order valence-corrected chi connectivity index (χ0v) is 18.5. The largest absolute Gasteiger partial charge is 0.493 e. The van der Waals surface area contributed by atoms with Crippen molar-refractivity contribution in [1.82, 2.24) is 10.6 Å². The molecule has 9 nitrogen and oxygen atoms in total. The first-order chi connectivity index (χ1) is 15.5. The fourth-order valence-corrected chi connectivity index (χ4v) is 2.70. The van der Waals surface area contributed by atoms with E-state index in [2.05, 4.69) is 20.9 Å². The predicted molar refractivity (Wildman–Crippen MR) is 125 cm³/mol. The molecule has 0 atom stereocenters. The maximum absolute atomic E-state index is 12.0. The molecule has 0 aromatic heterocycles. The van der Waals surface area contributed by atoms with Gasteiger partial charge >= 0.3 is 0 Å². The molecule has 9 heteroatoms. The molecule has 0 aliphatic heterocycles. The first-order valence-electron chi connectivity index (χ1n) is 10.4. The highest BCUT2D eigenvalue weighted by Gasteiger charge is 2.06. The fourth-order valence-electron chi connectivity index (χ4n) is 2.70. The van der Waals surface area contributed by atoms with Crippen LogP contribution in [0, 0.1) is 0 Å². The van der Waals surface area contributed by atoms with Gasteiger partial charge in [-0.15, -0.1) is 0 Å². The summed E-state index contributed by atoms with van der Waals surface area (Å²) in [5.41, 5.74) is 7.28. The number of hydrogen-bond acceptors (Lipinski definition) is 5. The Kier molecular flexibility index (Phi) is 10.5. The van der Waals surface area contributed by atoms with Crippen molar-refractivity contribution in [3.8, 4) is 5.75 Å². The number of primary amides is 1. The highest BCUT2D eigenvalue weighted by molar-refractivity contribution is 5.96. The van der Waals surface area contributed by atoms with E-state index < -0.39 is 5.91 Å². The summed E-state index contributed by atoms with van der Waals surface area (Å²) in [6.45, 7) is 4.17. The van der Waals surface area contributed by atoms with Crippen LogP contribution in [-0.2, 0) is 16.1 Å². The van der Waals surface area contributed by atoms with Crippen molar-refractivity contribution in [2.45, 2.75) is 19.9 Å². The molecule has 0 unspecified atom stereocenters. The van der Waals surface area contributed by atoms with Gasteiger partial charge in [0.05, 0.1) is 19.7 Å². The number of methoxy groups -OCH3 is 1. The van der Waals surface area contributed by atoms with Crippen LogP contribution >= 0.6 is 0 Å². The molecule has 2 aromatic carbocycles. The Morgan fingerprint density at radius 3 is 2.53 bits per heavy atom. The van der Waals surface area contributed by atoms with Crippen LogP contribution in [0.1, 0.15) is 29.3 Å². The van der Waals surface area contributed by atoms with Crippen LogP contribution in [0.5, 0.6) is 5.75 Å². The highest BCUT2D eigenvalue weighted by atomic mass is 16.5.